The Morgan fingerprint density at radius 1 is 1.30 bits per heavy atom. The SMILES string of the molecule is CCC1CCC(NC(=O)N[C@H](CCSC)C(=O)O)CC1. The summed E-state index contributed by atoms with van der Waals surface area (Å²) in [6.07, 6.45) is 7.86. The van der Waals surface area contributed by atoms with Crippen molar-refractivity contribution in [2.24, 2.45) is 5.92 Å². The molecule has 20 heavy (non-hydrogen) atoms. The Labute approximate surface area is 125 Å². The van der Waals surface area contributed by atoms with E-state index in [1.165, 1.54) is 6.42 Å². The van der Waals surface area contributed by atoms with Gasteiger partial charge in [0.1, 0.15) is 6.04 Å². The number of carbonyl (C=O) groups is 2. The smallest absolute Gasteiger partial charge is 0.326 e. The first kappa shape index (κ1) is 17.1. The molecule has 2 amide bonds. The summed E-state index contributed by atoms with van der Waals surface area (Å²) in [7, 11) is 0. The van der Waals surface area contributed by atoms with E-state index in [1.807, 2.05) is 6.26 Å². The van der Waals surface area contributed by atoms with E-state index in [0.29, 0.717) is 6.42 Å². The van der Waals surface area contributed by atoms with Gasteiger partial charge in [-0.15, -0.1) is 0 Å². The first-order valence-electron chi connectivity index (χ1n) is 7.35. The Balaban J connectivity index is 2.32. The van der Waals surface area contributed by atoms with Crippen LogP contribution in [0.25, 0.3) is 0 Å². The van der Waals surface area contributed by atoms with Crippen molar-refractivity contribution < 1.29 is 14.7 Å². The second-order valence-electron chi connectivity index (χ2n) is 5.42. The highest BCUT2D eigenvalue weighted by Gasteiger charge is 2.24. The Bertz CT molecular complexity index is 318. The molecule has 0 bridgehead atoms. The van der Waals surface area contributed by atoms with Crippen LogP contribution in [0.5, 0.6) is 0 Å². The predicted octanol–water partition coefficient (Wildman–Crippen LogP) is 2.46. The van der Waals surface area contributed by atoms with E-state index in [9.17, 15) is 9.59 Å². The average molecular weight is 302 g/mol. The molecule has 1 aliphatic rings. The Hall–Kier alpha value is -0.910. The molecule has 1 aliphatic carbocycles. The molecule has 0 saturated heterocycles. The van der Waals surface area contributed by atoms with E-state index < -0.39 is 12.0 Å². The van der Waals surface area contributed by atoms with Crippen LogP contribution < -0.4 is 10.6 Å². The van der Waals surface area contributed by atoms with Gasteiger partial charge in [-0.25, -0.2) is 9.59 Å². The molecule has 0 aromatic carbocycles. The van der Waals surface area contributed by atoms with Crippen LogP contribution in [0.4, 0.5) is 4.79 Å². The molecule has 0 aromatic rings. The van der Waals surface area contributed by atoms with Gasteiger partial charge in [0.15, 0.2) is 0 Å². The molecule has 0 unspecified atom stereocenters. The summed E-state index contributed by atoms with van der Waals surface area (Å²) < 4.78 is 0. The van der Waals surface area contributed by atoms with Gasteiger partial charge in [0.2, 0.25) is 0 Å². The maximum Gasteiger partial charge on any atom is 0.326 e. The minimum atomic E-state index is -0.969. The highest BCUT2D eigenvalue weighted by molar-refractivity contribution is 7.98. The molecule has 0 spiro atoms. The van der Waals surface area contributed by atoms with Crippen LogP contribution >= 0.6 is 11.8 Å². The van der Waals surface area contributed by atoms with Crippen LogP contribution in [-0.4, -0.2) is 41.2 Å². The lowest BCUT2D eigenvalue weighted by atomic mass is 9.85. The zero-order valence-electron chi connectivity index (χ0n) is 12.4. The van der Waals surface area contributed by atoms with Crippen LogP contribution in [0.2, 0.25) is 0 Å². The number of aliphatic carboxylic acids is 1. The average Bonchev–Trinajstić information content (AvgIpc) is 2.44. The number of rotatable bonds is 7. The maximum atomic E-state index is 11.8. The zero-order chi connectivity index (χ0) is 15.0. The van der Waals surface area contributed by atoms with Gasteiger partial charge in [0, 0.05) is 6.04 Å². The van der Waals surface area contributed by atoms with Crippen molar-refractivity contribution >= 4 is 23.8 Å². The molecule has 116 valence electrons. The molecule has 1 atom stereocenters. The van der Waals surface area contributed by atoms with Crippen molar-refractivity contribution in [2.75, 3.05) is 12.0 Å². The number of amides is 2. The van der Waals surface area contributed by atoms with Gasteiger partial charge in [0.25, 0.3) is 0 Å². The van der Waals surface area contributed by atoms with E-state index in [2.05, 4.69) is 17.6 Å². The van der Waals surface area contributed by atoms with Gasteiger partial charge in [-0.1, -0.05) is 13.3 Å². The lowest BCUT2D eigenvalue weighted by Gasteiger charge is -2.28. The van der Waals surface area contributed by atoms with Crippen molar-refractivity contribution in [1.29, 1.82) is 0 Å². The van der Waals surface area contributed by atoms with Crippen LogP contribution in [0.15, 0.2) is 0 Å². The van der Waals surface area contributed by atoms with Gasteiger partial charge in [-0.05, 0) is 50.0 Å². The second kappa shape index (κ2) is 9.10. The molecule has 1 saturated carbocycles. The van der Waals surface area contributed by atoms with E-state index in [0.717, 1.165) is 37.4 Å². The number of carbonyl (C=O) groups excluding carboxylic acids is 1. The van der Waals surface area contributed by atoms with Gasteiger partial charge in [-0.3, -0.25) is 0 Å². The molecular weight excluding hydrogens is 276 g/mol. The summed E-state index contributed by atoms with van der Waals surface area (Å²) in [6, 6.07) is -0.958. The minimum Gasteiger partial charge on any atom is -0.480 e. The summed E-state index contributed by atoms with van der Waals surface area (Å²) in [6.45, 7) is 2.20. The molecular formula is C14H26N2O3S. The fourth-order valence-corrected chi connectivity index (χ4v) is 3.06. The van der Waals surface area contributed by atoms with Crippen molar-refractivity contribution in [3.63, 3.8) is 0 Å². The fraction of sp³-hybridized carbons (Fsp3) is 0.857. The minimum absolute atomic E-state index is 0.188. The number of thioether (sulfide) groups is 1. The fourth-order valence-electron chi connectivity index (χ4n) is 2.59. The number of carboxylic acid groups (broad SMARTS) is 1. The lowest BCUT2D eigenvalue weighted by Crippen LogP contribution is -2.49. The monoisotopic (exact) mass is 302 g/mol. The molecule has 5 nitrogen and oxygen atoms in total. The molecule has 6 heteroatoms. The third-order valence-electron chi connectivity index (χ3n) is 3.97. The van der Waals surface area contributed by atoms with Crippen LogP contribution in [0.1, 0.15) is 45.4 Å². The highest BCUT2D eigenvalue weighted by Crippen LogP contribution is 2.26. The van der Waals surface area contributed by atoms with Gasteiger partial charge >= 0.3 is 12.0 Å². The first-order chi connectivity index (χ1) is 9.56. The lowest BCUT2D eigenvalue weighted by molar-refractivity contribution is -0.139. The molecule has 0 aliphatic heterocycles. The van der Waals surface area contributed by atoms with Crippen LogP contribution in [0.3, 0.4) is 0 Å². The largest absolute Gasteiger partial charge is 0.480 e. The molecule has 0 radical (unpaired) electrons. The first-order valence-corrected chi connectivity index (χ1v) is 8.75. The highest BCUT2D eigenvalue weighted by atomic mass is 32.2. The zero-order valence-corrected chi connectivity index (χ0v) is 13.2. The van der Waals surface area contributed by atoms with Gasteiger partial charge in [0.05, 0.1) is 0 Å². The summed E-state index contributed by atoms with van der Waals surface area (Å²) in [5.41, 5.74) is 0. The number of urea groups is 1. The summed E-state index contributed by atoms with van der Waals surface area (Å²) in [5.74, 6) is 0.534. The predicted molar refractivity (Wildman–Crippen MR) is 82.1 cm³/mol. The number of nitrogens with one attached hydrogen (secondary N) is 2. The Morgan fingerprint density at radius 2 is 1.95 bits per heavy atom. The molecule has 1 fully saturated rings. The normalized spacial score (nSPS) is 23.9. The Morgan fingerprint density at radius 3 is 2.45 bits per heavy atom. The second-order valence-corrected chi connectivity index (χ2v) is 6.40. The standard InChI is InChI=1S/C14H26N2O3S/c1-3-10-4-6-11(7-5-10)15-14(19)16-12(13(17)18)8-9-20-2/h10-12H,3-9H2,1-2H3,(H,17,18)(H2,15,16,19)/t10?,11?,12-/m1/s1. The molecule has 0 aromatic heterocycles. The van der Waals surface area contributed by atoms with E-state index in [-0.39, 0.29) is 12.1 Å². The van der Waals surface area contributed by atoms with Gasteiger partial charge < -0.3 is 15.7 Å². The van der Waals surface area contributed by atoms with Crippen molar-refractivity contribution in [1.82, 2.24) is 10.6 Å². The number of carboxylic acids is 1. The number of hydrogen-bond donors (Lipinski definition) is 3. The summed E-state index contributed by atoms with van der Waals surface area (Å²) >= 11 is 1.58. The quantitative estimate of drug-likeness (QED) is 0.675. The van der Waals surface area contributed by atoms with E-state index in [4.69, 9.17) is 5.11 Å². The molecule has 1 rings (SSSR count). The summed E-state index contributed by atoms with van der Waals surface area (Å²) in [4.78, 5) is 22.9. The summed E-state index contributed by atoms with van der Waals surface area (Å²) in [5, 5.41) is 14.5. The maximum absolute atomic E-state index is 11.8. The van der Waals surface area contributed by atoms with Crippen molar-refractivity contribution in [3.8, 4) is 0 Å². The van der Waals surface area contributed by atoms with Crippen LogP contribution in [-0.2, 0) is 4.79 Å². The number of hydrogen-bond acceptors (Lipinski definition) is 3. The molecule has 3 N–H and O–H groups in total. The topological polar surface area (TPSA) is 78.4 Å². The van der Waals surface area contributed by atoms with Crippen LogP contribution in [0, 0.1) is 5.92 Å². The third kappa shape index (κ3) is 6.03. The molecule has 0 heterocycles. The van der Waals surface area contributed by atoms with E-state index >= 15 is 0 Å². The van der Waals surface area contributed by atoms with E-state index in [1.54, 1.807) is 11.8 Å². The Kier molecular flexibility index (Phi) is 7.80. The third-order valence-corrected chi connectivity index (χ3v) is 4.62. The van der Waals surface area contributed by atoms with Crippen molar-refractivity contribution in [2.45, 2.75) is 57.5 Å². The van der Waals surface area contributed by atoms with Crippen molar-refractivity contribution in [3.05, 3.63) is 0 Å². The van der Waals surface area contributed by atoms with Gasteiger partial charge in [-0.2, -0.15) is 11.8 Å².